The van der Waals surface area contributed by atoms with E-state index in [9.17, 15) is 4.79 Å². The predicted octanol–water partition coefficient (Wildman–Crippen LogP) is 4.15. The first kappa shape index (κ1) is 17.0. The molecule has 0 saturated heterocycles. The van der Waals surface area contributed by atoms with Gasteiger partial charge in [-0.15, -0.1) is 0 Å². The summed E-state index contributed by atoms with van der Waals surface area (Å²) in [6.45, 7) is 4.06. The topological polar surface area (TPSA) is 50.4 Å². The highest BCUT2D eigenvalue weighted by atomic mass is 32.1. The van der Waals surface area contributed by atoms with Crippen LogP contribution in [0.25, 0.3) is 0 Å². The number of hydrogen-bond acceptors (Lipinski definition) is 3. The second kappa shape index (κ2) is 7.74. The fourth-order valence-corrected chi connectivity index (χ4v) is 2.34. The zero-order valence-electron chi connectivity index (χ0n) is 13.5. The molecule has 0 aliphatic heterocycles. The van der Waals surface area contributed by atoms with Gasteiger partial charge < -0.3 is 15.4 Å². The lowest BCUT2D eigenvalue weighted by molar-refractivity contribution is 0.0601. The highest BCUT2D eigenvalue weighted by molar-refractivity contribution is 7.80. The van der Waals surface area contributed by atoms with Gasteiger partial charge in [0.25, 0.3) is 0 Å². The van der Waals surface area contributed by atoms with Crippen LogP contribution in [0.2, 0.25) is 0 Å². The first-order chi connectivity index (χ1) is 11.0. The standard InChI is InChI=1S/C18H20N2O2S/c1-4-13-6-9-15(10-7-13)19-18(23)20-16-11-14(17(21)22-3)8-5-12(16)2/h5-11H,4H2,1-3H3,(H2,19,20,23). The largest absolute Gasteiger partial charge is 0.465 e. The first-order valence-electron chi connectivity index (χ1n) is 7.39. The van der Waals surface area contributed by atoms with Crippen LogP contribution in [0, 0.1) is 6.92 Å². The molecule has 4 nitrogen and oxygen atoms in total. The van der Waals surface area contributed by atoms with Crippen molar-refractivity contribution in [3.8, 4) is 0 Å². The van der Waals surface area contributed by atoms with Crippen LogP contribution in [0.5, 0.6) is 0 Å². The molecule has 0 aliphatic rings. The number of benzene rings is 2. The van der Waals surface area contributed by atoms with Gasteiger partial charge in [0.15, 0.2) is 5.11 Å². The smallest absolute Gasteiger partial charge is 0.337 e. The van der Waals surface area contributed by atoms with Gasteiger partial charge in [-0.05, 0) is 61.0 Å². The second-order valence-electron chi connectivity index (χ2n) is 5.15. The average molecular weight is 328 g/mol. The minimum Gasteiger partial charge on any atom is -0.465 e. The average Bonchev–Trinajstić information content (AvgIpc) is 2.56. The molecule has 0 bridgehead atoms. The fourth-order valence-electron chi connectivity index (χ4n) is 2.11. The van der Waals surface area contributed by atoms with Crippen LogP contribution in [0.15, 0.2) is 42.5 Å². The maximum atomic E-state index is 11.6. The second-order valence-corrected chi connectivity index (χ2v) is 5.56. The zero-order valence-corrected chi connectivity index (χ0v) is 14.3. The molecule has 120 valence electrons. The number of thiocarbonyl (C=S) groups is 1. The Morgan fingerprint density at radius 1 is 1.13 bits per heavy atom. The van der Waals surface area contributed by atoms with E-state index in [0.717, 1.165) is 23.4 Å². The summed E-state index contributed by atoms with van der Waals surface area (Å²) >= 11 is 5.34. The summed E-state index contributed by atoms with van der Waals surface area (Å²) in [7, 11) is 1.36. The molecule has 0 atom stereocenters. The van der Waals surface area contributed by atoms with Crippen molar-refractivity contribution in [2.24, 2.45) is 0 Å². The quantitative estimate of drug-likeness (QED) is 0.652. The Bertz CT molecular complexity index is 711. The normalized spacial score (nSPS) is 10.0. The third-order valence-electron chi connectivity index (χ3n) is 3.53. The molecule has 23 heavy (non-hydrogen) atoms. The lowest BCUT2D eigenvalue weighted by Crippen LogP contribution is -2.20. The number of hydrogen-bond donors (Lipinski definition) is 2. The number of rotatable bonds is 4. The van der Waals surface area contributed by atoms with Gasteiger partial charge in [0.1, 0.15) is 0 Å². The number of esters is 1. The molecule has 2 rings (SSSR count). The number of nitrogens with one attached hydrogen (secondary N) is 2. The van der Waals surface area contributed by atoms with Crippen LogP contribution in [0.4, 0.5) is 11.4 Å². The summed E-state index contributed by atoms with van der Waals surface area (Å²) in [6, 6.07) is 13.4. The number of ether oxygens (including phenoxy) is 1. The molecule has 0 saturated carbocycles. The Kier molecular flexibility index (Phi) is 5.71. The molecule has 0 amide bonds. The van der Waals surface area contributed by atoms with Crippen molar-refractivity contribution < 1.29 is 9.53 Å². The molecular weight excluding hydrogens is 308 g/mol. The van der Waals surface area contributed by atoms with E-state index in [1.807, 2.05) is 25.1 Å². The maximum absolute atomic E-state index is 11.6. The number of anilines is 2. The van der Waals surface area contributed by atoms with E-state index >= 15 is 0 Å². The SMILES string of the molecule is CCc1ccc(NC(=S)Nc2cc(C(=O)OC)ccc2C)cc1. The predicted molar refractivity (Wildman–Crippen MR) is 98.2 cm³/mol. The molecule has 2 aromatic rings. The number of carbonyl (C=O) groups is 1. The molecule has 0 aliphatic carbocycles. The van der Waals surface area contributed by atoms with Gasteiger partial charge in [-0.2, -0.15) is 0 Å². The van der Waals surface area contributed by atoms with Crippen LogP contribution < -0.4 is 10.6 Å². The van der Waals surface area contributed by atoms with Gasteiger partial charge in [-0.1, -0.05) is 25.1 Å². The Morgan fingerprint density at radius 2 is 1.83 bits per heavy atom. The van der Waals surface area contributed by atoms with Crippen molar-refractivity contribution in [3.05, 3.63) is 59.2 Å². The van der Waals surface area contributed by atoms with Gasteiger partial charge in [0, 0.05) is 11.4 Å². The third-order valence-corrected chi connectivity index (χ3v) is 3.73. The molecule has 5 heteroatoms. The lowest BCUT2D eigenvalue weighted by Gasteiger charge is -2.13. The summed E-state index contributed by atoms with van der Waals surface area (Å²) < 4.78 is 4.74. The van der Waals surface area contributed by atoms with Crippen molar-refractivity contribution >= 4 is 34.7 Å². The zero-order chi connectivity index (χ0) is 16.8. The molecule has 0 radical (unpaired) electrons. The monoisotopic (exact) mass is 328 g/mol. The van der Waals surface area contributed by atoms with Crippen molar-refractivity contribution in [3.63, 3.8) is 0 Å². The molecular formula is C18H20N2O2S. The van der Waals surface area contributed by atoms with Crippen LogP contribution in [0.3, 0.4) is 0 Å². The molecule has 2 aromatic carbocycles. The van der Waals surface area contributed by atoms with E-state index in [4.69, 9.17) is 17.0 Å². The molecule has 0 heterocycles. The van der Waals surface area contributed by atoms with Gasteiger partial charge in [0.05, 0.1) is 12.7 Å². The van der Waals surface area contributed by atoms with E-state index in [-0.39, 0.29) is 5.97 Å². The fraction of sp³-hybridized carbons (Fsp3) is 0.222. The van der Waals surface area contributed by atoms with E-state index in [2.05, 4.69) is 29.7 Å². The lowest BCUT2D eigenvalue weighted by atomic mass is 10.1. The summed E-state index contributed by atoms with van der Waals surface area (Å²) in [4.78, 5) is 11.6. The van der Waals surface area contributed by atoms with Gasteiger partial charge in [-0.25, -0.2) is 4.79 Å². The Hall–Kier alpha value is -2.40. The summed E-state index contributed by atoms with van der Waals surface area (Å²) in [6.07, 6.45) is 1.00. The highest BCUT2D eigenvalue weighted by Gasteiger charge is 2.09. The van der Waals surface area contributed by atoms with E-state index < -0.39 is 0 Å². The van der Waals surface area contributed by atoms with E-state index in [1.54, 1.807) is 12.1 Å². The number of aryl methyl sites for hydroxylation is 2. The Balaban J connectivity index is 2.08. The van der Waals surface area contributed by atoms with Gasteiger partial charge >= 0.3 is 5.97 Å². The maximum Gasteiger partial charge on any atom is 0.337 e. The molecule has 0 unspecified atom stereocenters. The van der Waals surface area contributed by atoms with Crippen LogP contribution in [-0.4, -0.2) is 18.2 Å². The number of carbonyl (C=O) groups excluding carboxylic acids is 1. The van der Waals surface area contributed by atoms with E-state index in [0.29, 0.717) is 10.7 Å². The molecule has 0 spiro atoms. The minimum atomic E-state index is -0.373. The first-order valence-corrected chi connectivity index (χ1v) is 7.80. The van der Waals surface area contributed by atoms with Crippen molar-refractivity contribution in [1.29, 1.82) is 0 Å². The summed E-state index contributed by atoms with van der Waals surface area (Å²) in [5, 5.41) is 6.73. The summed E-state index contributed by atoms with van der Waals surface area (Å²) in [5.74, 6) is -0.373. The molecule has 0 fully saturated rings. The van der Waals surface area contributed by atoms with Crippen molar-refractivity contribution in [1.82, 2.24) is 0 Å². The number of methoxy groups -OCH3 is 1. The van der Waals surface area contributed by atoms with Gasteiger partial charge in [0.2, 0.25) is 0 Å². The molecule has 0 aromatic heterocycles. The Morgan fingerprint density at radius 3 is 2.43 bits per heavy atom. The Labute approximate surface area is 141 Å². The van der Waals surface area contributed by atoms with Crippen LogP contribution in [0.1, 0.15) is 28.4 Å². The van der Waals surface area contributed by atoms with Crippen LogP contribution >= 0.6 is 12.2 Å². The van der Waals surface area contributed by atoms with E-state index in [1.165, 1.54) is 12.7 Å². The highest BCUT2D eigenvalue weighted by Crippen LogP contribution is 2.18. The summed E-state index contributed by atoms with van der Waals surface area (Å²) in [5.41, 5.74) is 4.44. The minimum absolute atomic E-state index is 0.373. The van der Waals surface area contributed by atoms with Crippen LogP contribution in [-0.2, 0) is 11.2 Å². The van der Waals surface area contributed by atoms with Crippen molar-refractivity contribution in [2.45, 2.75) is 20.3 Å². The van der Waals surface area contributed by atoms with Crippen molar-refractivity contribution in [2.75, 3.05) is 17.7 Å². The van der Waals surface area contributed by atoms with Gasteiger partial charge in [-0.3, -0.25) is 0 Å². The third kappa shape index (κ3) is 4.53. The molecule has 2 N–H and O–H groups in total.